The molecule has 1 atom stereocenters. The van der Waals surface area contributed by atoms with Crippen LogP contribution in [0.4, 0.5) is 0 Å². The molecule has 0 aliphatic carbocycles. The maximum atomic E-state index is 13.0. The predicted octanol–water partition coefficient (Wildman–Crippen LogP) is 3.07. The van der Waals surface area contributed by atoms with Crippen LogP contribution in [0.3, 0.4) is 0 Å². The molecule has 1 amide bonds. The number of nitrogens with zero attached hydrogens (tertiary/aromatic N) is 4. The van der Waals surface area contributed by atoms with Crippen LogP contribution in [0.5, 0.6) is 0 Å². The van der Waals surface area contributed by atoms with Crippen molar-refractivity contribution in [1.29, 1.82) is 0 Å². The maximum absolute atomic E-state index is 13.0. The van der Waals surface area contributed by atoms with Gasteiger partial charge >= 0.3 is 0 Å². The van der Waals surface area contributed by atoms with Gasteiger partial charge in [0, 0.05) is 43.7 Å². The number of aromatic nitrogens is 3. The van der Waals surface area contributed by atoms with Crippen molar-refractivity contribution in [3.63, 3.8) is 0 Å². The van der Waals surface area contributed by atoms with Crippen LogP contribution in [0.1, 0.15) is 56.9 Å². The van der Waals surface area contributed by atoms with E-state index in [0.717, 1.165) is 43.6 Å². The minimum Gasteiger partial charge on any atom is -0.327 e. The average Bonchev–Trinajstić information content (AvgIpc) is 3.43. The highest BCUT2D eigenvalue weighted by molar-refractivity contribution is 7.10. The molecule has 0 aromatic carbocycles. The average molecular weight is 436 g/mol. The second kappa shape index (κ2) is 8.36. The number of carbonyl (C=O) groups excluding carboxylic acids is 1. The number of amides is 1. The highest BCUT2D eigenvalue weighted by atomic mass is 32.1. The van der Waals surface area contributed by atoms with Crippen molar-refractivity contribution in [2.75, 3.05) is 13.1 Å². The Balaban J connectivity index is 1.37. The van der Waals surface area contributed by atoms with E-state index in [0.29, 0.717) is 24.6 Å². The zero-order valence-corrected chi connectivity index (χ0v) is 18.3. The molecule has 1 fully saturated rings. The molecule has 0 spiro atoms. The van der Waals surface area contributed by atoms with Gasteiger partial charge in [0.05, 0.1) is 17.3 Å². The fourth-order valence-electron chi connectivity index (χ4n) is 4.49. The molecule has 2 aliphatic rings. The van der Waals surface area contributed by atoms with Crippen LogP contribution >= 0.6 is 11.3 Å². The van der Waals surface area contributed by atoms with Gasteiger partial charge in [-0.25, -0.2) is 4.98 Å². The third-order valence-corrected chi connectivity index (χ3v) is 7.22. The lowest BCUT2D eigenvalue weighted by Crippen LogP contribution is -2.37. The monoisotopic (exact) mass is 435 g/mol. The second-order valence-corrected chi connectivity index (χ2v) is 9.24. The van der Waals surface area contributed by atoms with Gasteiger partial charge in [0.25, 0.3) is 11.5 Å². The lowest BCUT2D eigenvalue weighted by atomic mass is 10.1. The second-order valence-electron chi connectivity index (χ2n) is 8.24. The number of pyridine rings is 1. The van der Waals surface area contributed by atoms with E-state index in [1.165, 1.54) is 10.4 Å². The Morgan fingerprint density at radius 2 is 2.19 bits per heavy atom. The van der Waals surface area contributed by atoms with Crippen LogP contribution < -0.4 is 5.56 Å². The van der Waals surface area contributed by atoms with E-state index in [2.05, 4.69) is 33.2 Å². The number of fused-ring (bicyclic) bond motifs is 1. The van der Waals surface area contributed by atoms with E-state index >= 15 is 0 Å². The van der Waals surface area contributed by atoms with Gasteiger partial charge in [-0.15, -0.1) is 11.3 Å². The molecule has 8 heteroatoms. The zero-order chi connectivity index (χ0) is 21.4. The summed E-state index contributed by atoms with van der Waals surface area (Å²) in [5.74, 6) is 0.494. The standard InChI is InChI=1S/C23H25N5O2S/c1-15-8-12-31-20(15)14-27-11-7-17-16(13-27)22(29)26-21(25-17)19-6-4-10-28(19)23(30)18-5-2-3-9-24-18/h2-3,5,8-9,12,19H,4,6-7,10-11,13-14H2,1H3,(H,25,26,29)/t19-/m1/s1. The molecule has 1 saturated heterocycles. The summed E-state index contributed by atoms with van der Waals surface area (Å²) in [6, 6.07) is 7.26. The number of rotatable bonds is 4. The smallest absolute Gasteiger partial charge is 0.273 e. The zero-order valence-electron chi connectivity index (χ0n) is 17.5. The number of likely N-dealkylation sites (tertiary alicyclic amines) is 1. The van der Waals surface area contributed by atoms with Crippen LogP contribution in [-0.4, -0.2) is 43.7 Å². The largest absolute Gasteiger partial charge is 0.327 e. The van der Waals surface area contributed by atoms with Gasteiger partial charge in [0.15, 0.2) is 0 Å². The molecule has 5 rings (SSSR count). The van der Waals surface area contributed by atoms with E-state index in [1.807, 2.05) is 6.07 Å². The lowest BCUT2D eigenvalue weighted by Gasteiger charge is -2.29. The van der Waals surface area contributed by atoms with Crippen molar-refractivity contribution >= 4 is 17.2 Å². The number of thiophene rings is 1. The summed E-state index contributed by atoms with van der Waals surface area (Å²) in [4.78, 5) is 43.4. The Kier molecular flexibility index (Phi) is 5.41. The fourth-order valence-corrected chi connectivity index (χ4v) is 5.44. The Labute approximate surface area is 184 Å². The third-order valence-electron chi connectivity index (χ3n) is 6.21. The first kappa shape index (κ1) is 20.1. The van der Waals surface area contributed by atoms with E-state index in [9.17, 15) is 9.59 Å². The van der Waals surface area contributed by atoms with Crippen molar-refractivity contribution in [2.24, 2.45) is 0 Å². The number of carbonyl (C=O) groups is 1. The van der Waals surface area contributed by atoms with Crippen LogP contribution in [-0.2, 0) is 19.5 Å². The molecular weight excluding hydrogens is 410 g/mol. The van der Waals surface area contributed by atoms with Crippen molar-refractivity contribution < 1.29 is 4.79 Å². The number of aromatic amines is 1. The Morgan fingerprint density at radius 1 is 1.29 bits per heavy atom. The molecule has 2 aliphatic heterocycles. The van der Waals surface area contributed by atoms with Crippen LogP contribution in [0.25, 0.3) is 0 Å². The molecule has 5 heterocycles. The molecule has 0 bridgehead atoms. The van der Waals surface area contributed by atoms with Crippen molar-refractivity contribution in [3.8, 4) is 0 Å². The number of nitrogens with one attached hydrogen (secondary N) is 1. The van der Waals surface area contributed by atoms with Gasteiger partial charge in [-0.2, -0.15) is 0 Å². The topological polar surface area (TPSA) is 82.2 Å². The van der Waals surface area contributed by atoms with Gasteiger partial charge in [-0.05, 0) is 48.9 Å². The van der Waals surface area contributed by atoms with Gasteiger partial charge in [-0.1, -0.05) is 6.07 Å². The molecule has 31 heavy (non-hydrogen) atoms. The molecule has 7 nitrogen and oxygen atoms in total. The summed E-state index contributed by atoms with van der Waals surface area (Å²) in [5, 5.41) is 2.11. The van der Waals surface area contributed by atoms with E-state index < -0.39 is 0 Å². The highest BCUT2D eigenvalue weighted by Crippen LogP contribution is 2.31. The molecule has 160 valence electrons. The molecule has 1 N–H and O–H groups in total. The first-order chi connectivity index (χ1) is 15.1. The molecule has 0 unspecified atom stereocenters. The highest BCUT2D eigenvalue weighted by Gasteiger charge is 2.34. The summed E-state index contributed by atoms with van der Waals surface area (Å²) >= 11 is 1.76. The fraction of sp³-hybridized carbons (Fsp3) is 0.391. The summed E-state index contributed by atoms with van der Waals surface area (Å²) in [7, 11) is 0. The maximum Gasteiger partial charge on any atom is 0.273 e. The summed E-state index contributed by atoms with van der Waals surface area (Å²) in [5.41, 5.74) is 3.27. The Morgan fingerprint density at radius 3 is 2.97 bits per heavy atom. The van der Waals surface area contributed by atoms with Gasteiger partial charge < -0.3 is 9.88 Å². The van der Waals surface area contributed by atoms with Crippen molar-refractivity contribution in [2.45, 2.75) is 45.3 Å². The van der Waals surface area contributed by atoms with Crippen LogP contribution in [0.15, 0.2) is 40.6 Å². The summed E-state index contributed by atoms with van der Waals surface area (Å²) in [6.07, 6.45) is 4.06. The van der Waals surface area contributed by atoms with Crippen LogP contribution in [0.2, 0.25) is 0 Å². The SMILES string of the molecule is Cc1ccsc1CN1CCc2nc([C@H]3CCCN3C(=O)c3ccccn3)[nH]c(=O)c2C1. The normalized spacial score (nSPS) is 18.9. The van der Waals surface area contributed by atoms with Gasteiger partial charge in [-0.3, -0.25) is 19.5 Å². The van der Waals surface area contributed by atoms with E-state index in [4.69, 9.17) is 4.98 Å². The number of hydrogen-bond donors (Lipinski definition) is 1. The minimum absolute atomic E-state index is 0.0789. The molecular formula is C23H25N5O2S. The minimum atomic E-state index is -0.209. The van der Waals surface area contributed by atoms with Crippen molar-refractivity contribution in [1.82, 2.24) is 24.8 Å². The van der Waals surface area contributed by atoms with Crippen LogP contribution in [0, 0.1) is 6.92 Å². The number of H-pyrrole nitrogens is 1. The summed E-state index contributed by atoms with van der Waals surface area (Å²) < 4.78 is 0. The molecule has 3 aromatic heterocycles. The van der Waals surface area contributed by atoms with Crippen molar-refractivity contribution in [3.05, 3.63) is 79.4 Å². The van der Waals surface area contributed by atoms with Gasteiger partial charge in [0.1, 0.15) is 11.5 Å². The Hall–Kier alpha value is -2.84. The Bertz CT molecular complexity index is 1160. The first-order valence-electron chi connectivity index (χ1n) is 10.7. The first-order valence-corrected chi connectivity index (χ1v) is 11.6. The van der Waals surface area contributed by atoms with Gasteiger partial charge in [0.2, 0.25) is 0 Å². The number of aryl methyl sites for hydroxylation is 1. The molecule has 0 saturated carbocycles. The predicted molar refractivity (Wildman–Crippen MR) is 119 cm³/mol. The quantitative estimate of drug-likeness (QED) is 0.681. The molecule has 3 aromatic rings. The number of hydrogen-bond acceptors (Lipinski definition) is 6. The van der Waals surface area contributed by atoms with E-state index in [1.54, 1.807) is 34.6 Å². The summed E-state index contributed by atoms with van der Waals surface area (Å²) in [6.45, 7) is 5.12. The van der Waals surface area contributed by atoms with E-state index in [-0.39, 0.29) is 17.5 Å². The lowest BCUT2D eigenvalue weighted by molar-refractivity contribution is 0.0723. The molecule has 0 radical (unpaired) electrons. The third kappa shape index (κ3) is 3.93.